The fourth-order valence-electron chi connectivity index (χ4n) is 7.30. The molecule has 0 aromatic heterocycles. The van der Waals surface area contributed by atoms with Crippen molar-refractivity contribution in [2.24, 2.45) is 34.5 Å². The smallest absolute Gasteiger partial charge is 0.235 e. The largest absolute Gasteiger partial charge is 0.507 e. The van der Waals surface area contributed by atoms with Crippen molar-refractivity contribution in [3.63, 3.8) is 0 Å². The number of phenols is 1. The number of likely N-dealkylation sites (N-methyl/N-ethyl adjacent to an activating group) is 1. The van der Waals surface area contributed by atoms with Gasteiger partial charge in [0.25, 0.3) is 0 Å². The summed E-state index contributed by atoms with van der Waals surface area (Å²) in [6.07, 6.45) is -0.749. The number of nitrogens with one attached hydrogen (secondary N) is 1. The zero-order valence-corrected chi connectivity index (χ0v) is 24.6. The van der Waals surface area contributed by atoms with E-state index in [0.717, 1.165) is 0 Å². The van der Waals surface area contributed by atoms with Crippen LogP contribution < -0.4 is 22.5 Å². The first-order chi connectivity index (χ1) is 21.0. The lowest BCUT2D eigenvalue weighted by Gasteiger charge is -2.60. The Balaban J connectivity index is 1.66. The Hall–Kier alpha value is -5.21. The maximum absolute atomic E-state index is 14.4. The number of phenolic OH excluding ortho intramolecular Hbond substituents is 1. The molecule has 230 valence electrons. The summed E-state index contributed by atoms with van der Waals surface area (Å²) in [4.78, 5) is 80.7. The molecular weight excluding hydrogens is 580 g/mol. The van der Waals surface area contributed by atoms with Gasteiger partial charge < -0.3 is 27.6 Å². The van der Waals surface area contributed by atoms with Crippen molar-refractivity contribution in [2.75, 3.05) is 19.4 Å². The van der Waals surface area contributed by atoms with E-state index < -0.39 is 75.6 Å². The van der Waals surface area contributed by atoms with E-state index in [4.69, 9.17) is 17.2 Å². The number of carbonyl (C=O) groups is 6. The average Bonchev–Trinajstić information content (AvgIpc) is 2.92. The highest BCUT2D eigenvalue weighted by Crippen LogP contribution is 2.56. The molecule has 0 saturated heterocycles. The van der Waals surface area contributed by atoms with Gasteiger partial charge in [-0.1, -0.05) is 11.8 Å². The van der Waals surface area contributed by atoms with Crippen LogP contribution in [0.4, 0.5) is 5.69 Å². The Bertz CT molecular complexity index is 1830. The van der Waals surface area contributed by atoms with Crippen molar-refractivity contribution in [3.8, 4) is 23.7 Å². The minimum Gasteiger partial charge on any atom is -0.507 e. The van der Waals surface area contributed by atoms with E-state index in [1.54, 1.807) is 30.3 Å². The van der Waals surface area contributed by atoms with Gasteiger partial charge >= 0.3 is 0 Å². The van der Waals surface area contributed by atoms with Gasteiger partial charge in [0.2, 0.25) is 11.8 Å². The zero-order chi connectivity index (χ0) is 33.2. The third kappa shape index (κ3) is 4.36. The van der Waals surface area contributed by atoms with Crippen LogP contribution in [0.1, 0.15) is 40.4 Å². The quantitative estimate of drug-likeness (QED) is 0.212. The number of nitrogens with two attached hydrogens (primary N) is 3. The number of aromatic hydroxyl groups is 1. The summed E-state index contributed by atoms with van der Waals surface area (Å²) >= 11 is 0. The van der Waals surface area contributed by atoms with Crippen molar-refractivity contribution in [1.82, 2.24) is 4.90 Å². The number of hydrogen-bond donors (Lipinski definition) is 5. The molecular formula is C32H30N6O7. The molecule has 8 N–H and O–H groups in total. The minimum absolute atomic E-state index is 0.229. The lowest BCUT2D eigenvalue weighted by atomic mass is 9.42. The number of nitriles is 1. The predicted octanol–water partition coefficient (Wildman–Crippen LogP) is -0.833. The lowest BCUT2D eigenvalue weighted by Crippen LogP contribution is -2.85. The molecule has 45 heavy (non-hydrogen) atoms. The van der Waals surface area contributed by atoms with E-state index in [1.807, 2.05) is 0 Å². The van der Waals surface area contributed by atoms with Gasteiger partial charge in [0.1, 0.15) is 11.7 Å². The number of rotatable bonds is 3. The number of carbonyl (C=O) groups excluding carboxylic acids is 6. The summed E-state index contributed by atoms with van der Waals surface area (Å²) in [6.45, 7) is 1.38. The number of nitrogens with zero attached hydrogens (tertiary/aromatic N) is 2. The van der Waals surface area contributed by atoms with E-state index in [2.05, 4.69) is 17.2 Å². The summed E-state index contributed by atoms with van der Waals surface area (Å²) in [5, 5.41) is 23.9. The topological polar surface area (TPSA) is 240 Å². The van der Waals surface area contributed by atoms with Crippen LogP contribution >= 0.6 is 0 Å². The average molecular weight is 611 g/mol. The minimum atomic E-state index is -2.81. The van der Waals surface area contributed by atoms with E-state index in [1.165, 1.54) is 38.1 Å². The molecule has 3 aliphatic carbocycles. The van der Waals surface area contributed by atoms with Crippen LogP contribution in [-0.2, 0) is 30.4 Å². The fourth-order valence-corrected chi connectivity index (χ4v) is 7.30. The molecule has 0 radical (unpaired) electrons. The highest BCUT2D eigenvalue weighted by atomic mass is 16.3. The first-order valence-electron chi connectivity index (χ1n) is 13.9. The maximum Gasteiger partial charge on any atom is 0.235 e. The maximum atomic E-state index is 14.4. The van der Waals surface area contributed by atoms with Gasteiger partial charge in [-0.25, -0.2) is 0 Å². The summed E-state index contributed by atoms with van der Waals surface area (Å²) in [5.74, 6) is -4.62. The third-order valence-electron chi connectivity index (χ3n) is 9.02. The molecule has 0 spiro atoms. The molecule has 6 atom stereocenters. The van der Waals surface area contributed by atoms with Crippen LogP contribution in [0.2, 0.25) is 0 Å². The Labute approximate surface area is 257 Å². The monoisotopic (exact) mass is 610 g/mol. The second-order valence-electron chi connectivity index (χ2n) is 12.1. The number of hydrogen-bond acceptors (Lipinski definition) is 11. The summed E-state index contributed by atoms with van der Waals surface area (Å²) in [7, 11) is 2.87. The van der Waals surface area contributed by atoms with Gasteiger partial charge in [0.05, 0.1) is 23.2 Å². The molecule has 2 unspecified atom stereocenters. The summed E-state index contributed by atoms with van der Waals surface area (Å²) in [5.41, 5.74) is 13.7. The molecule has 2 aromatic carbocycles. The Morgan fingerprint density at radius 1 is 1.02 bits per heavy atom. The first kappa shape index (κ1) is 31.2. The van der Waals surface area contributed by atoms with Crippen LogP contribution in [0.3, 0.4) is 0 Å². The normalized spacial score (nSPS) is 30.3. The Morgan fingerprint density at radius 3 is 2.22 bits per heavy atom. The van der Waals surface area contributed by atoms with Crippen molar-refractivity contribution < 1.29 is 33.9 Å². The van der Waals surface area contributed by atoms with E-state index in [0.29, 0.717) is 16.8 Å². The highest BCUT2D eigenvalue weighted by Gasteiger charge is 2.78. The number of Topliss-reactive ketones (excluding diaryl/α,β-unsaturated/α-hetero) is 4. The molecule has 13 nitrogen and oxygen atoms in total. The second kappa shape index (κ2) is 10.5. The van der Waals surface area contributed by atoms with Gasteiger partial charge in [-0.3, -0.25) is 33.7 Å². The summed E-state index contributed by atoms with van der Waals surface area (Å²) < 4.78 is 0. The molecule has 0 bridgehead atoms. The van der Waals surface area contributed by atoms with Crippen LogP contribution in [0.5, 0.6) is 5.75 Å². The van der Waals surface area contributed by atoms with Crippen molar-refractivity contribution in [1.29, 1.82) is 5.26 Å². The molecule has 2 fully saturated rings. The van der Waals surface area contributed by atoms with E-state index >= 15 is 0 Å². The molecule has 0 aliphatic heterocycles. The van der Waals surface area contributed by atoms with Crippen molar-refractivity contribution >= 4 is 40.6 Å². The number of fused-ring (bicyclic) bond motifs is 3. The Morgan fingerprint density at radius 2 is 1.67 bits per heavy atom. The molecule has 2 aromatic rings. The van der Waals surface area contributed by atoms with E-state index in [9.17, 15) is 39.1 Å². The fraction of sp³-hybridized carbons (Fsp3) is 0.344. The molecule has 3 aliphatic rings. The second-order valence-corrected chi connectivity index (χ2v) is 12.1. The summed E-state index contributed by atoms with van der Waals surface area (Å²) in [6, 6.07) is 9.57. The van der Waals surface area contributed by atoms with Gasteiger partial charge in [-0.05, 0) is 68.9 Å². The van der Waals surface area contributed by atoms with Crippen LogP contribution in [-0.4, -0.2) is 76.2 Å². The van der Waals surface area contributed by atoms with E-state index in [-0.39, 0.29) is 23.5 Å². The standard InChI is InChI=1S/C32H30N6O7/c1-15(39)37-18-9-5-16(6-10-18)4-7-17-8-11-20(40)21-19(17)12-30(35)13-32(36)26(38(2)3)25(42)22(29(34)45)27(43)31(32,14-33)28(44)23(30)24(21)41/h5-6,8-11,22-23,26,40H,12-13,35-36H2,1-3H3,(H2,34,45)(H,37,39)/t22?,23?,26-,30-,31+,32-/m1/s1. The van der Waals surface area contributed by atoms with Gasteiger partial charge in [-0.2, -0.15) is 5.26 Å². The number of benzene rings is 2. The van der Waals surface area contributed by atoms with Gasteiger partial charge in [0.15, 0.2) is 34.5 Å². The van der Waals surface area contributed by atoms with Crippen molar-refractivity contribution in [2.45, 2.75) is 36.9 Å². The highest BCUT2D eigenvalue weighted by molar-refractivity contribution is 6.33. The van der Waals surface area contributed by atoms with Gasteiger partial charge in [-0.15, -0.1) is 0 Å². The number of amides is 2. The Kier molecular flexibility index (Phi) is 7.25. The van der Waals surface area contributed by atoms with Crippen molar-refractivity contribution in [3.05, 3.63) is 58.7 Å². The van der Waals surface area contributed by atoms with Gasteiger partial charge in [0, 0.05) is 29.3 Å². The predicted molar refractivity (Wildman–Crippen MR) is 158 cm³/mol. The number of primary amides is 1. The zero-order valence-electron chi connectivity index (χ0n) is 24.6. The molecule has 5 rings (SSSR count). The molecule has 2 saturated carbocycles. The molecule has 13 heteroatoms. The third-order valence-corrected chi connectivity index (χ3v) is 9.02. The molecule has 0 heterocycles. The van der Waals surface area contributed by atoms with Crippen LogP contribution in [0.25, 0.3) is 0 Å². The van der Waals surface area contributed by atoms with Crippen LogP contribution in [0.15, 0.2) is 36.4 Å². The van der Waals surface area contributed by atoms with Crippen LogP contribution in [0, 0.1) is 40.4 Å². The number of anilines is 1. The lowest BCUT2D eigenvalue weighted by molar-refractivity contribution is -0.166. The SMILES string of the molecule is CC(=O)Nc1ccc(C#Cc2ccc(O)c3c2C[C@@]2(N)C[C@@]4(N)[C@H](N(C)C)C(=O)C(C(N)=O)C(=O)[C@@]4(C#N)C(=O)C2C3=O)cc1. The molecule has 2 amide bonds. The first-order valence-corrected chi connectivity index (χ1v) is 13.9. The number of ketones is 4.